The molecule has 0 fully saturated rings. The third-order valence-corrected chi connectivity index (χ3v) is 4.11. The van der Waals surface area contributed by atoms with Crippen molar-refractivity contribution < 1.29 is 26.3 Å². The summed E-state index contributed by atoms with van der Waals surface area (Å²) in [5.41, 5.74) is -0.128. The number of benzene rings is 2. The van der Waals surface area contributed by atoms with Crippen molar-refractivity contribution in [3.63, 3.8) is 0 Å². The van der Waals surface area contributed by atoms with Crippen LogP contribution in [0.25, 0.3) is 17.2 Å². The van der Waals surface area contributed by atoms with Crippen molar-refractivity contribution in [3.05, 3.63) is 65.0 Å². The zero-order valence-electron chi connectivity index (χ0n) is 14.3. The first kappa shape index (κ1) is 20.1. The molecule has 0 nitrogen and oxygen atoms in total. The standard InChI is InChI=1S/C20H18F6/c1-3-4-12(2)13-5-6-15(17(21)9-13)14-10-18(22)16(19(23)11-14)7-8-20(24,25)26/h5-12H,3-4H2,1-2H3/b8-7+. The van der Waals surface area contributed by atoms with E-state index in [1.54, 1.807) is 6.07 Å². The lowest BCUT2D eigenvalue weighted by molar-refractivity contribution is -0.0790. The van der Waals surface area contributed by atoms with Gasteiger partial charge in [0.15, 0.2) is 0 Å². The molecule has 0 radical (unpaired) electrons. The molecule has 26 heavy (non-hydrogen) atoms. The summed E-state index contributed by atoms with van der Waals surface area (Å²) in [7, 11) is 0. The van der Waals surface area contributed by atoms with Crippen LogP contribution in [0.3, 0.4) is 0 Å². The summed E-state index contributed by atoms with van der Waals surface area (Å²) in [6.45, 7) is 3.97. The normalized spacial score (nSPS) is 13.4. The molecule has 0 amide bonds. The molecule has 0 spiro atoms. The Morgan fingerprint density at radius 2 is 1.58 bits per heavy atom. The number of rotatable bonds is 5. The summed E-state index contributed by atoms with van der Waals surface area (Å²) in [5, 5.41) is 0. The monoisotopic (exact) mass is 372 g/mol. The van der Waals surface area contributed by atoms with Gasteiger partial charge in [0, 0.05) is 17.2 Å². The Labute approximate surface area is 148 Å². The molecule has 0 aliphatic heterocycles. The lowest BCUT2D eigenvalue weighted by atomic mass is 9.93. The van der Waals surface area contributed by atoms with Gasteiger partial charge in [0.05, 0.1) is 0 Å². The largest absolute Gasteiger partial charge is 0.409 e. The van der Waals surface area contributed by atoms with Gasteiger partial charge in [0.25, 0.3) is 0 Å². The van der Waals surface area contributed by atoms with E-state index in [0.29, 0.717) is 6.08 Å². The van der Waals surface area contributed by atoms with E-state index in [1.165, 1.54) is 12.1 Å². The molecular formula is C20H18F6. The van der Waals surface area contributed by atoms with E-state index in [4.69, 9.17) is 0 Å². The Bertz CT molecular complexity index is 781. The summed E-state index contributed by atoms with van der Waals surface area (Å²) >= 11 is 0. The minimum atomic E-state index is -4.69. The van der Waals surface area contributed by atoms with Gasteiger partial charge in [-0.3, -0.25) is 0 Å². The molecular weight excluding hydrogens is 354 g/mol. The molecule has 0 aromatic heterocycles. The Hall–Kier alpha value is -2.24. The zero-order valence-corrected chi connectivity index (χ0v) is 14.3. The Morgan fingerprint density at radius 1 is 0.962 bits per heavy atom. The molecule has 0 bridgehead atoms. The van der Waals surface area contributed by atoms with Gasteiger partial charge in [-0.2, -0.15) is 13.2 Å². The molecule has 140 valence electrons. The molecule has 2 aromatic rings. The second-order valence-electron chi connectivity index (χ2n) is 6.16. The molecule has 0 aliphatic rings. The summed E-state index contributed by atoms with van der Waals surface area (Å²) in [5.74, 6) is -2.87. The van der Waals surface area contributed by atoms with Crippen LogP contribution in [0.5, 0.6) is 0 Å². The minimum Gasteiger partial charge on any atom is -0.206 e. The number of alkyl halides is 3. The number of hydrogen-bond donors (Lipinski definition) is 0. The lowest BCUT2D eigenvalue weighted by Gasteiger charge is -2.13. The first-order chi connectivity index (χ1) is 12.1. The smallest absolute Gasteiger partial charge is 0.206 e. The van der Waals surface area contributed by atoms with Crippen LogP contribution < -0.4 is 0 Å². The third kappa shape index (κ3) is 4.90. The second-order valence-corrected chi connectivity index (χ2v) is 6.16. The predicted molar refractivity (Wildman–Crippen MR) is 90.2 cm³/mol. The lowest BCUT2D eigenvalue weighted by Crippen LogP contribution is -2.01. The highest BCUT2D eigenvalue weighted by Crippen LogP contribution is 2.31. The van der Waals surface area contributed by atoms with E-state index in [2.05, 4.69) is 0 Å². The van der Waals surface area contributed by atoms with Crippen LogP contribution in [0, 0.1) is 17.5 Å². The number of allylic oxidation sites excluding steroid dienone is 1. The zero-order chi connectivity index (χ0) is 19.5. The van der Waals surface area contributed by atoms with Gasteiger partial charge in [-0.05, 0) is 47.7 Å². The minimum absolute atomic E-state index is 0.0124. The molecule has 1 atom stereocenters. The fourth-order valence-corrected chi connectivity index (χ4v) is 2.75. The van der Waals surface area contributed by atoms with Crippen LogP contribution >= 0.6 is 0 Å². The highest BCUT2D eigenvalue weighted by atomic mass is 19.4. The fourth-order valence-electron chi connectivity index (χ4n) is 2.75. The molecule has 2 rings (SSSR count). The van der Waals surface area contributed by atoms with Gasteiger partial charge in [-0.15, -0.1) is 0 Å². The third-order valence-electron chi connectivity index (χ3n) is 4.11. The van der Waals surface area contributed by atoms with Gasteiger partial charge in [0.1, 0.15) is 17.5 Å². The predicted octanol–water partition coefficient (Wildman–Crippen LogP) is 7.25. The van der Waals surface area contributed by atoms with E-state index >= 15 is 0 Å². The molecule has 0 saturated carbocycles. The maximum atomic E-state index is 14.4. The summed E-state index contributed by atoms with van der Waals surface area (Å²) in [6, 6.07) is 6.09. The van der Waals surface area contributed by atoms with Gasteiger partial charge < -0.3 is 0 Å². The van der Waals surface area contributed by atoms with Crippen LogP contribution in [0.2, 0.25) is 0 Å². The van der Waals surface area contributed by atoms with Crippen LogP contribution in [-0.4, -0.2) is 6.18 Å². The van der Waals surface area contributed by atoms with Crippen LogP contribution in [-0.2, 0) is 0 Å². The van der Waals surface area contributed by atoms with E-state index in [-0.39, 0.29) is 23.1 Å². The highest BCUT2D eigenvalue weighted by molar-refractivity contribution is 5.67. The van der Waals surface area contributed by atoms with E-state index in [9.17, 15) is 26.3 Å². The molecule has 6 heteroatoms. The maximum absolute atomic E-state index is 14.4. The van der Waals surface area contributed by atoms with Crippen LogP contribution in [0.4, 0.5) is 26.3 Å². The van der Waals surface area contributed by atoms with Crippen molar-refractivity contribution in [2.24, 2.45) is 0 Å². The topological polar surface area (TPSA) is 0 Å². The van der Waals surface area contributed by atoms with Crippen LogP contribution in [0.1, 0.15) is 43.7 Å². The van der Waals surface area contributed by atoms with Gasteiger partial charge in [-0.25, -0.2) is 13.2 Å². The van der Waals surface area contributed by atoms with Crippen molar-refractivity contribution in [2.75, 3.05) is 0 Å². The highest BCUT2D eigenvalue weighted by Gasteiger charge is 2.23. The van der Waals surface area contributed by atoms with E-state index < -0.39 is 29.2 Å². The second kappa shape index (κ2) is 7.98. The average molecular weight is 372 g/mol. The summed E-state index contributed by atoms with van der Waals surface area (Å²) in [4.78, 5) is 0. The first-order valence-corrected chi connectivity index (χ1v) is 8.17. The van der Waals surface area contributed by atoms with Crippen LogP contribution in [0.15, 0.2) is 36.4 Å². The van der Waals surface area contributed by atoms with Gasteiger partial charge >= 0.3 is 6.18 Å². The number of hydrogen-bond acceptors (Lipinski definition) is 0. The van der Waals surface area contributed by atoms with E-state index in [0.717, 1.165) is 30.5 Å². The molecule has 0 heterocycles. The molecule has 0 aliphatic carbocycles. The van der Waals surface area contributed by atoms with Crippen molar-refractivity contribution in [1.82, 2.24) is 0 Å². The van der Waals surface area contributed by atoms with Gasteiger partial charge in [0.2, 0.25) is 0 Å². The SMILES string of the molecule is CCCC(C)c1ccc(-c2cc(F)c(/C=C/C(F)(F)F)c(F)c2)c(F)c1. The van der Waals surface area contributed by atoms with Gasteiger partial charge in [-0.1, -0.05) is 32.4 Å². The molecule has 0 saturated heterocycles. The average Bonchev–Trinajstić information content (AvgIpc) is 2.53. The first-order valence-electron chi connectivity index (χ1n) is 8.17. The van der Waals surface area contributed by atoms with Crippen molar-refractivity contribution >= 4 is 6.08 Å². The molecule has 2 aromatic carbocycles. The summed E-state index contributed by atoms with van der Waals surface area (Å²) in [6.07, 6.45) is -2.80. The Balaban J connectivity index is 2.40. The van der Waals surface area contributed by atoms with Crippen molar-refractivity contribution in [1.29, 1.82) is 0 Å². The van der Waals surface area contributed by atoms with E-state index in [1.807, 2.05) is 13.8 Å². The number of halogens is 6. The Kier molecular flexibility index (Phi) is 6.16. The molecule has 0 N–H and O–H groups in total. The summed E-state index contributed by atoms with van der Waals surface area (Å²) < 4.78 is 79.0. The maximum Gasteiger partial charge on any atom is 0.409 e. The van der Waals surface area contributed by atoms with Crippen molar-refractivity contribution in [3.8, 4) is 11.1 Å². The quantitative estimate of drug-likeness (QED) is 0.485. The molecule has 1 unspecified atom stereocenters. The fraction of sp³-hybridized carbons (Fsp3) is 0.300. The Morgan fingerprint density at radius 3 is 2.08 bits per heavy atom. The van der Waals surface area contributed by atoms with Crippen molar-refractivity contribution in [2.45, 2.75) is 38.8 Å².